The van der Waals surface area contributed by atoms with Crippen molar-refractivity contribution in [3.8, 4) is 39.4 Å². The third-order valence-electron chi connectivity index (χ3n) is 5.29. The first kappa shape index (κ1) is 22.8. The van der Waals surface area contributed by atoms with Crippen LogP contribution in [0.5, 0.6) is 0 Å². The summed E-state index contributed by atoms with van der Waals surface area (Å²) in [6, 6.07) is 16.9. The van der Waals surface area contributed by atoms with Gasteiger partial charge in [0, 0.05) is 0 Å². The van der Waals surface area contributed by atoms with Gasteiger partial charge in [-0.05, 0) is 35.9 Å². The fourth-order valence-corrected chi connectivity index (χ4v) is 4.08. The number of nitrogens with zero attached hydrogens (tertiary/aromatic N) is 3. The highest BCUT2D eigenvalue weighted by Gasteiger charge is 2.41. The summed E-state index contributed by atoms with van der Waals surface area (Å²) in [4.78, 5) is 0. The largest absolute Gasteiger partial charge is 0.434 e. The second kappa shape index (κ2) is 8.66. The lowest BCUT2D eigenvalue weighted by Gasteiger charge is -2.13. The molecule has 0 fully saturated rings. The maximum atomic E-state index is 14.8. The van der Waals surface area contributed by atoms with E-state index in [-0.39, 0.29) is 33.3 Å². The lowest BCUT2D eigenvalue weighted by molar-refractivity contribution is -0.142. The first-order valence-corrected chi connectivity index (χ1v) is 10.5. The van der Waals surface area contributed by atoms with Crippen LogP contribution in [0.15, 0.2) is 83.5 Å². The zero-order chi connectivity index (χ0) is 24.7. The van der Waals surface area contributed by atoms with E-state index in [2.05, 4.69) is 10.3 Å². The van der Waals surface area contributed by atoms with E-state index in [0.29, 0.717) is 10.2 Å². The van der Waals surface area contributed by atoms with Crippen molar-refractivity contribution in [2.75, 3.05) is 0 Å². The first-order chi connectivity index (χ1) is 16.8. The molecule has 0 aliphatic heterocycles. The van der Waals surface area contributed by atoms with E-state index in [1.54, 1.807) is 30.3 Å². The smallest absolute Gasteiger partial charge is 0.355 e. The molecule has 4 nitrogen and oxygen atoms in total. The van der Waals surface area contributed by atoms with Gasteiger partial charge in [-0.25, -0.2) is 13.5 Å². The fraction of sp³-hybridized carbons (Fsp3) is 0.0400. The minimum absolute atomic E-state index is 0.00790. The molecule has 0 radical (unpaired) electrons. The van der Waals surface area contributed by atoms with E-state index < -0.39 is 29.1 Å². The summed E-state index contributed by atoms with van der Waals surface area (Å²) >= 11 is 6.23. The van der Waals surface area contributed by atoms with Gasteiger partial charge in [0.05, 0.1) is 33.6 Å². The average Bonchev–Trinajstić information content (AvgIpc) is 3.44. The van der Waals surface area contributed by atoms with Crippen LogP contribution in [-0.2, 0) is 6.18 Å². The number of halogens is 6. The first-order valence-electron chi connectivity index (χ1n) is 10.2. The van der Waals surface area contributed by atoms with Crippen LogP contribution in [0, 0.1) is 11.6 Å². The van der Waals surface area contributed by atoms with Crippen LogP contribution in [0.25, 0.3) is 39.4 Å². The molecule has 0 atom stereocenters. The Labute approximate surface area is 200 Å². The summed E-state index contributed by atoms with van der Waals surface area (Å²) < 4.78 is 77.4. The van der Waals surface area contributed by atoms with Gasteiger partial charge in [0.25, 0.3) is 0 Å². The summed E-state index contributed by atoms with van der Waals surface area (Å²) in [6.07, 6.45) is -3.96. The SMILES string of the molecule is Fc1cccc(-n2ncc(-c3onc(-c4c(F)cccc4Cl)c3-c3ccccc3)c2C(F)(F)F)c1. The molecule has 0 unspecified atom stereocenters. The minimum Gasteiger partial charge on any atom is -0.355 e. The lowest BCUT2D eigenvalue weighted by atomic mass is 9.96. The normalized spacial score (nSPS) is 11.7. The van der Waals surface area contributed by atoms with Gasteiger partial charge < -0.3 is 4.52 Å². The predicted octanol–water partition coefficient (Wildman–Crippen LogP) is 7.81. The van der Waals surface area contributed by atoms with Crippen LogP contribution in [0.3, 0.4) is 0 Å². The summed E-state index contributed by atoms with van der Waals surface area (Å²) in [5, 5.41) is 7.79. The molecular weight excluding hydrogens is 489 g/mol. The standard InChI is InChI=1S/C25H13ClF5N3O/c26-18-10-5-11-19(28)21(18)22-20(14-6-2-1-3-7-14)23(35-33-22)17-13-32-34(24(17)25(29,30)31)16-9-4-8-15(27)12-16/h1-13H. The minimum atomic E-state index is -4.91. The molecule has 0 bridgehead atoms. The molecule has 0 amide bonds. The number of aromatic nitrogens is 3. The number of hydrogen-bond acceptors (Lipinski definition) is 3. The van der Waals surface area contributed by atoms with E-state index in [1.165, 1.54) is 24.3 Å². The van der Waals surface area contributed by atoms with Crippen LogP contribution in [-0.4, -0.2) is 14.9 Å². The summed E-state index contributed by atoms with van der Waals surface area (Å²) in [6.45, 7) is 0. The van der Waals surface area contributed by atoms with Crippen molar-refractivity contribution < 1.29 is 26.5 Å². The Balaban J connectivity index is 1.82. The monoisotopic (exact) mass is 501 g/mol. The maximum absolute atomic E-state index is 14.8. The summed E-state index contributed by atoms with van der Waals surface area (Å²) in [7, 11) is 0. The summed E-state index contributed by atoms with van der Waals surface area (Å²) in [5.41, 5.74) is -1.46. The molecule has 0 saturated heterocycles. The predicted molar refractivity (Wildman–Crippen MR) is 120 cm³/mol. The van der Waals surface area contributed by atoms with Crippen molar-refractivity contribution >= 4 is 11.6 Å². The van der Waals surface area contributed by atoms with E-state index >= 15 is 0 Å². The molecule has 0 saturated carbocycles. The molecule has 10 heteroatoms. The molecule has 0 aliphatic carbocycles. The molecule has 0 aliphatic rings. The highest BCUT2D eigenvalue weighted by Crippen LogP contribution is 2.46. The zero-order valence-corrected chi connectivity index (χ0v) is 18.3. The number of benzene rings is 3. The van der Waals surface area contributed by atoms with Crippen LogP contribution < -0.4 is 0 Å². The van der Waals surface area contributed by atoms with Crippen LogP contribution in [0.1, 0.15) is 5.69 Å². The Hall–Kier alpha value is -3.98. The van der Waals surface area contributed by atoms with Gasteiger partial charge in [-0.1, -0.05) is 59.2 Å². The van der Waals surface area contributed by atoms with Crippen LogP contribution in [0.4, 0.5) is 22.0 Å². The molecule has 5 rings (SSSR count). The molecule has 176 valence electrons. The van der Waals surface area contributed by atoms with Crippen molar-refractivity contribution in [3.05, 3.63) is 101 Å². The third-order valence-corrected chi connectivity index (χ3v) is 5.60. The van der Waals surface area contributed by atoms with Gasteiger partial charge in [-0.2, -0.15) is 18.3 Å². The average molecular weight is 502 g/mol. The Bertz CT molecular complexity index is 1510. The molecule has 5 aromatic rings. The van der Waals surface area contributed by atoms with E-state index in [4.69, 9.17) is 16.1 Å². The van der Waals surface area contributed by atoms with Crippen molar-refractivity contribution in [2.45, 2.75) is 6.18 Å². The Morgan fingerprint density at radius 3 is 2.29 bits per heavy atom. The Morgan fingerprint density at radius 2 is 1.60 bits per heavy atom. The van der Waals surface area contributed by atoms with E-state index in [0.717, 1.165) is 24.4 Å². The van der Waals surface area contributed by atoms with Gasteiger partial charge in [-0.3, -0.25) is 0 Å². The molecule has 2 aromatic heterocycles. The van der Waals surface area contributed by atoms with Crippen molar-refractivity contribution in [1.29, 1.82) is 0 Å². The molecule has 2 heterocycles. The molecule has 35 heavy (non-hydrogen) atoms. The van der Waals surface area contributed by atoms with E-state index in [9.17, 15) is 22.0 Å². The molecule has 3 aromatic carbocycles. The van der Waals surface area contributed by atoms with E-state index in [1.807, 2.05) is 0 Å². The van der Waals surface area contributed by atoms with Gasteiger partial charge >= 0.3 is 6.18 Å². The second-order valence-electron chi connectivity index (χ2n) is 7.49. The van der Waals surface area contributed by atoms with Crippen molar-refractivity contribution in [3.63, 3.8) is 0 Å². The second-order valence-corrected chi connectivity index (χ2v) is 7.90. The van der Waals surface area contributed by atoms with Crippen molar-refractivity contribution in [2.24, 2.45) is 0 Å². The van der Waals surface area contributed by atoms with Crippen molar-refractivity contribution in [1.82, 2.24) is 14.9 Å². The molecule has 0 N–H and O–H groups in total. The molecule has 0 spiro atoms. The number of rotatable bonds is 4. The van der Waals surface area contributed by atoms with Gasteiger partial charge in [0.2, 0.25) is 0 Å². The van der Waals surface area contributed by atoms with Gasteiger partial charge in [0.1, 0.15) is 17.3 Å². The highest BCUT2D eigenvalue weighted by atomic mass is 35.5. The Kier molecular flexibility index (Phi) is 5.64. The number of alkyl halides is 3. The summed E-state index contributed by atoms with van der Waals surface area (Å²) in [5.74, 6) is -1.74. The lowest BCUT2D eigenvalue weighted by Crippen LogP contribution is -2.14. The quantitative estimate of drug-likeness (QED) is 0.236. The van der Waals surface area contributed by atoms with Gasteiger partial charge in [-0.15, -0.1) is 0 Å². The zero-order valence-electron chi connectivity index (χ0n) is 17.5. The van der Waals surface area contributed by atoms with Crippen LogP contribution in [0.2, 0.25) is 5.02 Å². The Morgan fingerprint density at radius 1 is 0.857 bits per heavy atom. The number of hydrogen-bond donors (Lipinski definition) is 0. The van der Waals surface area contributed by atoms with Gasteiger partial charge in [0.15, 0.2) is 11.5 Å². The molecular formula is C25H13ClF5N3O. The third kappa shape index (κ3) is 4.08. The topological polar surface area (TPSA) is 43.9 Å². The maximum Gasteiger partial charge on any atom is 0.434 e. The highest BCUT2D eigenvalue weighted by molar-refractivity contribution is 6.33. The fourth-order valence-electron chi connectivity index (χ4n) is 3.83. The van der Waals surface area contributed by atoms with Crippen LogP contribution >= 0.6 is 11.6 Å².